The van der Waals surface area contributed by atoms with Gasteiger partial charge >= 0.3 is 0 Å². The summed E-state index contributed by atoms with van der Waals surface area (Å²) in [6.45, 7) is 6.01. The fourth-order valence-corrected chi connectivity index (χ4v) is 5.12. The zero-order valence-corrected chi connectivity index (χ0v) is 17.4. The zero-order chi connectivity index (χ0) is 20.5. The molecule has 5 nitrogen and oxygen atoms in total. The topological polar surface area (TPSA) is 79.0 Å². The van der Waals surface area contributed by atoms with Crippen LogP contribution in [0.4, 0.5) is 0 Å². The first-order valence-electron chi connectivity index (χ1n) is 8.83. The van der Waals surface area contributed by atoms with E-state index in [4.69, 9.17) is 11.6 Å². The Bertz CT molecular complexity index is 1170. The van der Waals surface area contributed by atoms with Crippen LogP contribution < -0.4 is 5.32 Å². The lowest BCUT2D eigenvalue weighted by Gasteiger charge is -2.08. The lowest BCUT2D eigenvalue weighted by molar-refractivity contribution is -0.116. The van der Waals surface area contributed by atoms with E-state index in [2.05, 4.69) is 10.3 Å². The van der Waals surface area contributed by atoms with Gasteiger partial charge in [-0.25, -0.2) is 8.42 Å². The first-order valence-corrected chi connectivity index (χ1v) is 10.7. The number of likely N-dealkylation sites (N-methyl/N-ethyl adjacent to an activating group) is 1. The Morgan fingerprint density at radius 3 is 2.46 bits per heavy atom. The molecule has 0 saturated heterocycles. The molecule has 2 aromatic carbocycles. The molecular weight excluding hydrogens is 396 g/mol. The van der Waals surface area contributed by atoms with Crippen LogP contribution in [0.2, 0.25) is 5.02 Å². The van der Waals surface area contributed by atoms with Crippen LogP contribution in [0.15, 0.2) is 52.3 Å². The molecule has 3 aromatic rings. The molecule has 0 aliphatic carbocycles. The summed E-state index contributed by atoms with van der Waals surface area (Å²) in [6, 6.07) is 10.2. The van der Waals surface area contributed by atoms with Gasteiger partial charge in [0.15, 0.2) is 0 Å². The van der Waals surface area contributed by atoms with Gasteiger partial charge in [-0.15, -0.1) is 0 Å². The molecule has 28 heavy (non-hydrogen) atoms. The van der Waals surface area contributed by atoms with Crippen molar-refractivity contribution in [3.63, 3.8) is 0 Å². The standard InChI is InChI=1S/C21H21ClN2O3S/c1-4-23-20(25)8-7-19-21(17-12-15(22)5-6-18(17)24-19)28(26,27)16-10-13(2)9-14(3)11-16/h5-12,24H,4H2,1-3H3,(H,23,25)/b8-7+. The van der Waals surface area contributed by atoms with Crippen molar-refractivity contribution in [3.8, 4) is 0 Å². The SMILES string of the molecule is CCNC(=O)/C=C/c1[nH]c2ccc(Cl)cc2c1S(=O)(=O)c1cc(C)cc(C)c1. The molecule has 1 aromatic heterocycles. The molecule has 0 spiro atoms. The van der Waals surface area contributed by atoms with Crippen molar-refractivity contribution in [2.75, 3.05) is 6.54 Å². The second kappa shape index (κ2) is 7.81. The van der Waals surface area contributed by atoms with E-state index < -0.39 is 9.84 Å². The third-order valence-electron chi connectivity index (χ3n) is 4.27. The van der Waals surface area contributed by atoms with Gasteiger partial charge in [0.2, 0.25) is 15.7 Å². The summed E-state index contributed by atoms with van der Waals surface area (Å²) in [5.41, 5.74) is 2.68. The molecule has 0 radical (unpaired) electrons. The van der Waals surface area contributed by atoms with Gasteiger partial charge in [-0.1, -0.05) is 17.7 Å². The molecule has 1 heterocycles. The zero-order valence-electron chi connectivity index (χ0n) is 15.8. The fraction of sp³-hybridized carbons (Fsp3) is 0.190. The molecule has 0 bridgehead atoms. The number of amides is 1. The Labute approximate surface area is 169 Å². The molecule has 0 fully saturated rings. The van der Waals surface area contributed by atoms with Gasteiger partial charge < -0.3 is 10.3 Å². The van der Waals surface area contributed by atoms with Crippen molar-refractivity contribution in [3.05, 3.63) is 64.3 Å². The Balaban J connectivity index is 2.26. The largest absolute Gasteiger partial charge is 0.354 e. The average Bonchev–Trinajstić information content (AvgIpc) is 2.97. The number of sulfone groups is 1. The number of rotatable bonds is 5. The summed E-state index contributed by atoms with van der Waals surface area (Å²) in [4.78, 5) is 15.2. The molecular formula is C21H21ClN2O3S. The van der Waals surface area contributed by atoms with Crippen LogP contribution in [0, 0.1) is 13.8 Å². The maximum absolute atomic E-state index is 13.5. The normalized spacial score (nSPS) is 12.0. The maximum atomic E-state index is 13.5. The number of nitrogens with one attached hydrogen (secondary N) is 2. The summed E-state index contributed by atoms with van der Waals surface area (Å²) in [5, 5.41) is 3.57. The van der Waals surface area contributed by atoms with Crippen LogP contribution in [0.1, 0.15) is 23.7 Å². The van der Waals surface area contributed by atoms with E-state index >= 15 is 0 Å². The first-order chi connectivity index (χ1) is 13.2. The van der Waals surface area contributed by atoms with Gasteiger partial charge in [0, 0.05) is 28.5 Å². The Kier molecular flexibility index (Phi) is 5.63. The summed E-state index contributed by atoms with van der Waals surface area (Å²) in [6.07, 6.45) is 2.80. The highest BCUT2D eigenvalue weighted by Crippen LogP contribution is 2.34. The van der Waals surface area contributed by atoms with Gasteiger partial charge in [-0.3, -0.25) is 4.79 Å². The second-order valence-corrected chi connectivity index (χ2v) is 8.94. The molecule has 146 valence electrons. The van der Waals surface area contributed by atoms with Crippen LogP contribution in [-0.4, -0.2) is 25.9 Å². The highest BCUT2D eigenvalue weighted by atomic mass is 35.5. The highest BCUT2D eigenvalue weighted by molar-refractivity contribution is 7.91. The van der Waals surface area contributed by atoms with Gasteiger partial charge in [0.1, 0.15) is 4.90 Å². The fourth-order valence-electron chi connectivity index (χ4n) is 3.17. The van der Waals surface area contributed by atoms with Crippen LogP contribution in [-0.2, 0) is 14.6 Å². The minimum absolute atomic E-state index is 0.107. The molecule has 0 aliphatic heterocycles. The van der Waals surface area contributed by atoms with Gasteiger partial charge in [-0.05, 0) is 68.3 Å². The second-order valence-electron chi connectivity index (χ2n) is 6.61. The lowest BCUT2D eigenvalue weighted by atomic mass is 10.2. The molecule has 0 aliphatic rings. The Morgan fingerprint density at radius 1 is 1.14 bits per heavy atom. The number of benzene rings is 2. The molecule has 1 amide bonds. The average molecular weight is 417 g/mol. The monoisotopic (exact) mass is 416 g/mol. The number of carbonyl (C=O) groups excluding carboxylic acids is 1. The van der Waals surface area contributed by atoms with Crippen LogP contribution in [0.5, 0.6) is 0 Å². The minimum atomic E-state index is -3.85. The molecule has 2 N–H and O–H groups in total. The maximum Gasteiger partial charge on any atom is 0.244 e. The number of halogens is 1. The Morgan fingerprint density at radius 2 is 1.82 bits per heavy atom. The van der Waals surface area contributed by atoms with E-state index in [0.717, 1.165) is 11.1 Å². The molecule has 7 heteroatoms. The lowest BCUT2D eigenvalue weighted by Crippen LogP contribution is -2.19. The number of hydrogen-bond acceptors (Lipinski definition) is 3. The number of carbonyl (C=O) groups is 1. The van der Waals surface area contributed by atoms with Crippen LogP contribution in [0.3, 0.4) is 0 Å². The number of aromatic nitrogens is 1. The van der Waals surface area contributed by atoms with Crippen molar-refractivity contribution in [1.29, 1.82) is 0 Å². The summed E-state index contributed by atoms with van der Waals surface area (Å²) in [7, 11) is -3.85. The quantitative estimate of drug-likeness (QED) is 0.604. The molecule has 3 rings (SSSR count). The summed E-state index contributed by atoms with van der Waals surface area (Å²) >= 11 is 6.12. The van der Waals surface area contributed by atoms with E-state index in [1.807, 2.05) is 26.8 Å². The van der Waals surface area contributed by atoms with Gasteiger partial charge in [-0.2, -0.15) is 0 Å². The van der Waals surface area contributed by atoms with E-state index in [0.29, 0.717) is 28.2 Å². The highest BCUT2D eigenvalue weighted by Gasteiger charge is 2.26. The molecule has 0 saturated carbocycles. The number of hydrogen-bond donors (Lipinski definition) is 2. The van der Waals surface area contributed by atoms with E-state index in [-0.39, 0.29) is 15.7 Å². The first kappa shape index (κ1) is 20.2. The van der Waals surface area contributed by atoms with Gasteiger partial charge in [0.25, 0.3) is 0 Å². The summed E-state index contributed by atoms with van der Waals surface area (Å²) in [5.74, 6) is -0.297. The molecule has 0 atom stereocenters. The van der Waals surface area contributed by atoms with Crippen molar-refractivity contribution >= 4 is 44.3 Å². The third kappa shape index (κ3) is 3.98. The van der Waals surface area contributed by atoms with Crippen LogP contribution in [0.25, 0.3) is 17.0 Å². The number of fused-ring (bicyclic) bond motifs is 1. The van der Waals surface area contributed by atoms with E-state index in [9.17, 15) is 13.2 Å². The Hall–Kier alpha value is -2.57. The van der Waals surface area contributed by atoms with Gasteiger partial charge in [0.05, 0.1) is 10.6 Å². The number of H-pyrrole nitrogens is 1. The number of aromatic amines is 1. The van der Waals surface area contributed by atoms with Crippen molar-refractivity contribution < 1.29 is 13.2 Å². The molecule has 0 unspecified atom stereocenters. The van der Waals surface area contributed by atoms with Crippen molar-refractivity contribution in [2.24, 2.45) is 0 Å². The minimum Gasteiger partial charge on any atom is -0.354 e. The number of aryl methyl sites for hydroxylation is 2. The van der Waals surface area contributed by atoms with Crippen molar-refractivity contribution in [2.45, 2.75) is 30.6 Å². The van der Waals surface area contributed by atoms with E-state index in [1.165, 1.54) is 12.2 Å². The van der Waals surface area contributed by atoms with Crippen molar-refractivity contribution in [1.82, 2.24) is 10.3 Å². The predicted octanol–water partition coefficient (Wildman–Crippen LogP) is 4.42. The predicted molar refractivity (Wildman–Crippen MR) is 112 cm³/mol. The third-order valence-corrected chi connectivity index (χ3v) is 6.34. The summed E-state index contributed by atoms with van der Waals surface area (Å²) < 4.78 is 27.0. The van der Waals surface area contributed by atoms with Crippen LogP contribution >= 0.6 is 11.6 Å². The smallest absolute Gasteiger partial charge is 0.244 e. The van der Waals surface area contributed by atoms with E-state index in [1.54, 1.807) is 30.3 Å².